The van der Waals surface area contributed by atoms with Crippen molar-refractivity contribution in [2.45, 2.75) is 0 Å². The van der Waals surface area contributed by atoms with E-state index >= 15 is 0 Å². The number of aromatic nitrogens is 2. The average molecular weight is 260 g/mol. The normalized spacial score (nSPS) is 9.89. The summed E-state index contributed by atoms with van der Waals surface area (Å²) < 4.78 is 0.793. The van der Waals surface area contributed by atoms with E-state index in [0.29, 0.717) is 5.69 Å². The Morgan fingerprint density at radius 1 is 1.32 bits per heavy atom. The van der Waals surface area contributed by atoms with E-state index in [1.807, 2.05) is 0 Å². The Kier molecular flexibility index (Phi) is 3.33. The number of nitrogens with zero attached hydrogens (tertiary/aromatic N) is 3. The van der Waals surface area contributed by atoms with Crippen molar-refractivity contribution in [1.82, 2.24) is 9.55 Å². The number of nitro groups is 1. The lowest BCUT2D eigenvalue weighted by Crippen LogP contribution is -2.31. The Balaban J connectivity index is 2.18. The summed E-state index contributed by atoms with van der Waals surface area (Å²) in [6.45, 7) is 0. The van der Waals surface area contributed by atoms with Gasteiger partial charge in [0.05, 0.1) is 4.92 Å². The van der Waals surface area contributed by atoms with Crippen molar-refractivity contribution in [2.24, 2.45) is 0 Å². The summed E-state index contributed by atoms with van der Waals surface area (Å²) in [6.07, 6.45) is 2.55. The average Bonchev–Trinajstić information content (AvgIpc) is 2.39. The minimum absolute atomic E-state index is 0.0865. The number of carbonyl (C=O) groups is 1. The third kappa shape index (κ3) is 2.80. The molecule has 8 heteroatoms. The van der Waals surface area contributed by atoms with Gasteiger partial charge in [0, 0.05) is 30.2 Å². The highest BCUT2D eigenvalue weighted by molar-refractivity contribution is 5.90. The van der Waals surface area contributed by atoms with Crippen molar-refractivity contribution in [2.75, 3.05) is 5.32 Å². The maximum atomic E-state index is 11.7. The van der Waals surface area contributed by atoms with Crippen LogP contribution in [0.2, 0.25) is 0 Å². The van der Waals surface area contributed by atoms with E-state index < -0.39 is 16.6 Å². The summed E-state index contributed by atoms with van der Waals surface area (Å²) in [7, 11) is 0. The highest BCUT2D eigenvalue weighted by Gasteiger charge is 2.08. The first-order chi connectivity index (χ1) is 9.08. The molecule has 0 bridgehead atoms. The van der Waals surface area contributed by atoms with Crippen molar-refractivity contribution in [1.29, 1.82) is 0 Å². The van der Waals surface area contributed by atoms with Gasteiger partial charge >= 0.3 is 11.7 Å². The summed E-state index contributed by atoms with van der Waals surface area (Å²) in [5, 5.41) is 12.9. The molecule has 96 valence electrons. The standard InChI is InChI=1S/C11H8N4O4/c16-10-12-6-1-7-14(10)11(17)13-8-2-4-9(5-3-8)15(18)19/h1-7H,(H,13,17). The molecule has 0 saturated carbocycles. The highest BCUT2D eigenvalue weighted by Crippen LogP contribution is 2.15. The number of amides is 1. The SMILES string of the molecule is O=C(Nc1ccc([N+](=O)[O-])cc1)n1cccnc1=O. The summed E-state index contributed by atoms with van der Waals surface area (Å²) in [5.41, 5.74) is -0.454. The minimum atomic E-state index is -0.707. The molecule has 1 aromatic heterocycles. The predicted octanol–water partition coefficient (Wildman–Crippen LogP) is 1.23. The van der Waals surface area contributed by atoms with Gasteiger partial charge < -0.3 is 5.32 Å². The monoisotopic (exact) mass is 260 g/mol. The number of nitro benzene ring substituents is 1. The van der Waals surface area contributed by atoms with Crippen LogP contribution in [0, 0.1) is 10.1 Å². The number of hydrogen-bond donors (Lipinski definition) is 1. The van der Waals surface area contributed by atoms with Gasteiger partial charge in [-0.2, -0.15) is 0 Å². The Morgan fingerprint density at radius 3 is 2.58 bits per heavy atom. The summed E-state index contributed by atoms with van der Waals surface area (Å²) in [4.78, 5) is 36.4. The molecule has 0 aliphatic carbocycles. The van der Waals surface area contributed by atoms with Crippen LogP contribution >= 0.6 is 0 Å². The topological polar surface area (TPSA) is 107 Å². The smallest absolute Gasteiger partial charge is 0.307 e. The van der Waals surface area contributed by atoms with Gasteiger partial charge in [0.1, 0.15) is 0 Å². The Hall–Kier alpha value is -3.03. The molecule has 0 spiro atoms. The van der Waals surface area contributed by atoms with Gasteiger partial charge in [-0.25, -0.2) is 19.1 Å². The molecule has 2 aromatic rings. The molecule has 0 fully saturated rings. The molecule has 1 aromatic carbocycles. The molecule has 1 amide bonds. The second kappa shape index (κ2) is 5.08. The molecular formula is C11H8N4O4. The molecule has 0 atom stereocenters. The Labute approximate surface area is 106 Å². The van der Waals surface area contributed by atoms with E-state index in [4.69, 9.17) is 0 Å². The second-order valence-corrected chi connectivity index (χ2v) is 3.51. The van der Waals surface area contributed by atoms with Gasteiger partial charge in [-0.3, -0.25) is 10.1 Å². The first kappa shape index (κ1) is 12.4. The van der Waals surface area contributed by atoms with E-state index in [-0.39, 0.29) is 5.69 Å². The largest absolute Gasteiger partial charge is 0.355 e. The van der Waals surface area contributed by atoms with Gasteiger partial charge in [-0.1, -0.05) is 0 Å². The van der Waals surface area contributed by atoms with Gasteiger partial charge in [-0.05, 0) is 18.2 Å². The minimum Gasteiger partial charge on any atom is -0.307 e. The van der Waals surface area contributed by atoms with E-state index in [1.54, 1.807) is 0 Å². The number of nitrogens with one attached hydrogen (secondary N) is 1. The zero-order valence-corrected chi connectivity index (χ0v) is 9.52. The molecule has 8 nitrogen and oxygen atoms in total. The van der Waals surface area contributed by atoms with E-state index in [0.717, 1.165) is 4.57 Å². The molecule has 1 N–H and O–H groups in total. The van der Waals surface area contributed by atoms with Crippen LogP contribution in [-0.4, -0.2) is 20.5 Å². The molecule has 1 heterocycles. The molecule has 0 saturated heterocycles. The first-order valence-electron chi connectivity index (χ1n) is 5.17. The molecule has 0 radical (unpaired) electrons. The van der Waals surface area contributed by atoms with E-state index in [1.165, 1.54) is 42.7 Å². The van der Waals surface area contributed by atoms with Crippen LogP contribution in [0.1, 0.15) is 0 Å². The van der Waals surface area contributed by atoms with E-state index in [2.05, 4.69) is 10.3 Å². The fraction of sp³-hybridized carbons (Fsp3) is 0. The number of anilines is 1. The van der Waals surface area contributed by atoms with Gasteiger partial charge in [0.15, 0.2) is 0 Å². The van der Waals surface area contributed by atoms with Crippen molar-refractivity contribution in [3.63, 3.8) is 0 Å². The zero-order valence-electron chi connectivity index (χ0n) is 9.52. The molecule has 2 rings (SSSR count). The molecule has 0 aliphatic rings. The maximum Gasteiger partial charge on any atom is 0.355 e. The Morgan fingerprint density at radius 2 is 2.00 bits per heavy atom. The van der Waals surface area contributed by atoms with Gasteiger partial charge in [0.2, 0.25) is 0 Å². The van der Waals surface area contributed by atoms with E-state index in [9.17, 15) is 19.7 Å². The number of carbonyl (C=O) groups excluding carboxylic acids is 1. The fourth-order valence-corrected chi connectivity index (χ4v) is 1.36. The number of hydrogen-bond acceptors (Lipinski definition) is 5. The summed E-state index contributed by atoms with van der Waals surface area (Å²) in [5.74, 6) is 0. The van der Waals surface area contributed by atoms with Crippen molar-refractivity contribution < 1.29 is 9.72 Å². The van der Waals surface area contributed by atoms with Gasteiger partial charge in [-0.15, -0.1) is 0 Å². The highest BCUT2D eigenvalue weighted by atomic mass is 16.6. The lowest BCUT2D eigenvalue weighted by Gasteiger charge is -2.05. The van der Waals surface area contributed by atoms with Crippen LogP contribution in [0.15, 0.2) is 47.5 Å². The molecular weight excluding hydrogens is 252 g/mol. The molecule has 0 unspecified atom stereocenters. The maximum absolute atomic E-state index is 11.7. The number of benzene rings is 1. The third-order valence-electron chi connectivity index (χ3n) is 2.26. The van der Waals surface area contributed by atoms with Crippen LogP contribution < -0.4 is 11.0 Å². The second-order valence-electron chi connectivity index (χ2n) is 3.51. The predicted molar refractivity (Wildman–Crippen MR) is 66.0 cm³/mol. The Bertz CT molecular complexity index is 678. The lowest BCUT2D eigenvalue weighted by atomic mass is 10.3. The van der Waals surface area contributed by atoms with Crippen LogP contribution in [-0.2, 0) is 0 Å². The van der Waals surface area contributed by atoms with Gasteiger partial charge in [0.25, 0.3) is 5.69 Å². The van der Waals surface area contributed by atoms with Crippen LogP contribution in [0.5, 0.6) is 0 Å². The fourth-order valence-electron chi connectivity index (χ4n) is 1.36. The molecule has 0 aliphatic heterocycles. The van der Waals surface area contributed by atoms with Crippen molar-refractivity contribution >= 4 is 17.4 Å². The van der Waals surface area contributed by atoms with Crippen molar-refractivity contribution in [3.8, 4) is 0 Å². The van der Waals surface area contributed by atoms with Crippen LogP contribution in [0.4, 0.5) is 16.2 Å². The summed E-state index contributed by atoms with van der Waals surface area (Å²) in [6, 6.07) is 6.00. The zero-order chi connectivity index (χ0) is 13.8. The number of non-ortho nitro benzene ring substituents is 1. The van der Waals surface area contributed by atoms with Crippen LogP contribution in [0.3, 0.4) is 0 Å². The summed E-state index contributed by atoms with van der Waals surface area (Å²) >= 11 is 0. The van der Waals surface area contributed by atoms with Crippen molar-refractivity contribution in [3.05, 3.63) is 63.3 Å². The first-order valence-corrected chi connectivity index (χ1v) is 5.17. The third-order valence-corrected chi connectivity index (χ3v) is 2.26. The lowest BCUT2D eigenvalue weighted by molar-refractivity contribution is -0.384. The quantitative estimate of drug-likeness (QED) is 0.645. The molecule has 19 heavy (non-hydrogen) atoms. The number of rotatable bonds is 2. The van der Waals surface area contributed by atoms with Crippen LogP contribution in [0.25, 0.3) is 0 Å².